The fraction of sp³-hybridized carbons (Fsp3) is 0.320. The molecule has 0 radical (unpaired) electrons. The van der Waals surface area contributed by atoms with Crippen LogP contribution < -0.4 is 0 Å². The van der Waals surface area contributed by atoms with E-state index in [9.17, 15) is 5.26 Å². The third-order valence-corrected chi connectivity index (χ3v) is 6.37. The first kappa shape index (κ1) is 20.0. The van der Waals surface area contributed by atoms with E-state index in [4.69, 9.17) is 10.2 Å². The molecule has 158 valence electrons. The number of aryl methyl sites for hydroxylation is 1. The van der Waals surface area contributed by atoms with Crippen molar-refractivity contribution >= 4 is 5.52 Å². The molecule has 1 fully saturated rings. The number of hydrogen-bond acceptors (Lipinski definition) is 5. The van der Waals surface area contributed by atoms with Crippen molar-refractivity contribution in [3.05, 3.63) is 60.9 Å². The summed E-state index contributed by atoms with van der Waals surface area (Å²) in [5.41, 5.74) is 6.43. The van der Waals surface area contributed by atoms with E-state index < -0.39 is 0 Å². The average molecular weight is 422 g/mol. The van der Waals surface area contributed by atoms with E-state index in [0.29, 0.717) is 18.9 Å². The third kappa shape index (κ3) is 3.74. The molecular formula is C25H23N7. The highest BCUT2D eigenvalue weighted by Gasteiger charge is 2.26. The van der Waals surface area contributed by atoms with Gasteiger partial charge in [0.1, 0.15) is 0 Å². The summed E-state index contributed by atoms with van der Waals surface area (Å²) in [6.07, 6.45) is 13.7. The Kier molecular flexibility index (Phi) is 5.39. The molecule has 7 heteroatoms. The van der Waals surface area contributed by atoms with Crippen molar-refractivity contribution in [2.75, 3.05) is 0 Å². The lowest BCUT2D eigenvalue weighted by Crippen LogP contribution is -2.14. The number of rotatable bonds is 5. The van der Waals surface area contributed by atoms with Crippen molar-refractivity contribution in [2.24, 2.45) is 5.92 Å². The van der Waals surface area contributed by atoms with Gasteiger partial charge in [0, 0.05) is 41.6 Å². The lowest BCUT2D eigenvalue weighted by Gasteiger charge is -2.24. The van der Waals surface area contributed by atoms with Gasteiger partial charge in [-0.25, -0.2) is 4.52 Å². The molecule has 3 aromatic heterocycles. The second-order valence-corrected chi connectivity index (χ2v) is 8.32. The largest absolute Gasteiger partial charge is 0.271 e. The minimum Gasteiger partial charge on any atom is -0.271 e. The molecule has 1 aliphatic rings. The van der Waals surface area contributed by atoms with Crippen LogP contribution in [-0.2, 0) is 6.54 Å². The lowest BCUT2D eigenvalue weighted by molar-refractivity contribution is 0.378. The second kappa shape index (κ2) is 8.64. The maximum atomic E-state index is 9.23. The first-order valence-corrected chi connectivity index (χ1v) is 11.0. The predicted molar refractivity (Wildman–Crippen MR) is 120 cm³/mol. The van der Waals surface area contributed by atoms with Gasteiger partial charge in [-0.1, -0.05) is 24.3 Å². The molecule has 0 unspecified atom stereocenters. The molecule has 0 N–H and O–H groups in total. The van der Waals surface area contributed by atoms with Gasteiger partial charge in [-0.3, -0.25) is 9.67 Å². The molecule has 4 aromatic rings. The summed E-state index contributed by atoms with van der Waals surface area (Å²) < 4.78 is 3.72. The quantitative estimate of drug-likeness (QED) is 0.453. The number of fused-ring (bicyclic) bond motifs is 1. The number of nitriles is 2. The van der Waals surface area contributed by atoms with Crippen LogP contribution in [0.15, 0.2) is 55.2 Å². The minimum absolute atomic E-state index is 0.173. The van der Waals surface area contributed by atoms with E-state index in [-0.39, 0.29) is 5.92 Å². The smallest absolute Gasteiger partial charge is 0.0958 e. The molecule has 32 heavy (non-hydrogen) atoms. The molecule has 1 aliphatic carbocycles. The molecule has 0 spiro atoms. The molecular weight excluding hydrogens is 398 g/mol. The van der Waals surface area contributed by atoms with Gasteiger partial charge in [0.2, 0.25) is 0 Å². The summed E-state index contributed by atoms with van der Waals surface area (Å²) in [7, 11) is 0. The van der Waals surface area contributed by atoms with E-state index in [1.54, 1.807) is 4.68 Å². The molecule has 0 aliphatic heterocycles. The normalized spacial score (nSPS) is 18.3. The highest BCUT2D eigenvalue weighted by Crippen LogP contribution is 2.38. The van der Waals surface area contributed by atoms with Gasteiger partial charge in [-0.2, -0.15) is 20.7 Å². The number of benzene rings is 1. The first-order valence-electron chi connectivity index (χ1n) is 11.0. The lowest BCUT2D eigenvalue weighted by atomic mass is 9.80. The fourth-order valence-electron chi connectivity index (χ4n) is 4.62. The topological polar surface area (TPSA) is 95.6 Å². The van der Waals surface area contributed by atoms with Gasteiger partial charge in [0.15, 0.2) is 0 Å². The minimum atomic E-state index is 0.173. The third-order valence-electron chi connectivity index (χ3n) is 6.37. The Morgan fingerprint density at radius 1 is 0.938 bits per heavy atom. The van der Waals surface area contributed by atoms with E-state index in [2.05, 4.69) is 46.6 Å². The van der Waals surface area contributed by atoms with Crippen molar-refractivity contribution in [3.63, 3.8) is 0 Å². The predicted octanol–water partition coefficient (Wildman–Crippen LogP) is 4.97. The zero-order chi connectivity index (χ0) is 21.9. The van der Waals surface area contributed by atoms with Crippen LogP contribution in [0.2, 0.25) is 0 Å². The van der Waals surface area contributed by atoms with Crippen LogP contribution in [-0.4, -0.2) is 24.4 Å². The van der Waals surface area contributed by atoms with Gasteiger partial charge < -0.3 is 0 Å². The van der Waals surface area contributed by atoms with E-state index in [0.717, 1.165) is 59.1 Å². The van der Waals surface area contributed by atoms with Crippen molar-refractivity contribution in [1.29, 1.82) is 10.5 Å². The van der Waals surface area contributed by atoms with Gasteiger partial charge in [-0.15, -0.1) is 0 Å². The van der Waals surface area contributed by atoms with Crippen molar-refractivity contribution in [1.82, 2.24) is 24.4 Å². The molecule has 5 rings (SSSR count). The maximum Gasteiger partial charge on any atom is 0.0958 e. The maximum absolute atomic E-state index is 9.23. The van der Waals surface area contributed by atoms with Crippen LogP contribution in [0, 0.1) is 28.6 Å². The fourth-order valence-corrected chi connectivity index (χ4v) is 4.62. The molecule has 1 saturated carbocycles. The Balaban J connectivity index is 1.44. The Morgan fingerprint density at radius 3 is 2.47 bits per heavy atom. The van der Waals surface area contributed by atoms with Crippen LogP contribution in [0.5, 0.6) is 0 Å². The van der Waals surface area contributed by atoms with Crippen molar-refractivity contribution in [3.8, 4) is 34.4 Å². The molecule has 0 atom stereocenters. The Morgan fingerprint density at radius 2 is 1.72 bits per heavy atom. The molecule has 0 bridgehead atoms. The van der Waals surface area contributed by atoms with Crippen LogP contribution in [0.3, 0.4) is 0 Å². The molecule has 3 heterocycles. The Labute approximate surface area is 186 Å². The molecule has 7 nitrogen and oxygen atoms in total. The Bertz CT molecular complexity index is 1310. The summed E-state index contributed by atoms with van der Waals surface area (Å²) >= 11 is 0. The Hall–Kier alpha value is -3.97. The van der Waals surface area contributed by atoms with Gasteiger partial charge in [0.05, 0.1) is 48.7 Å². The first-order chi connectivity index (χ1) is 15.8. The van der Waals surface area contributed by atoms with Crippen LogP contribution in [0.25, 0.3) is 27.8 Å². The van der Waals surface area contributed by atoms with E-state index in [1.165, 1.54) is 0 Å². The SMILES string of the molecule is N#CCCn1cc(-c2ccc(-c3cnn4ccnc([C@H]5CC[C@@H](C#N)CC5)c34)cc2)cn1. The summed E-state index contributed by atoms with van der Waals surface area (Å²) in [6, 6.07) is 13.0. The van der Waals surface area contributed by atoms with Crippen molar-refractivity contribution in [2.45, 2.75) is 44.6 Å². The van der Waals surface area contributed by atoms with E-state index >= 15 is 0 Å². The highest BCUT2D eigenvalue weighted by atomic mass is 15.3. The van der Waals surface area contributed by atoms with Crippen LogP contribution in [0.4, 0.5) is 0 Å². The molecule has 0 saturated heterocycles. The summed E-state index contributed by atoms with van der Waals surface area (Å²) in [5.74, 6) is 0.532. The number of nitrogens with zero attached hydrogens (tertiary/aromatic N) is 7. The van der Waals surface area contributed by atoms with Crippen LogP contribution in [0.1, 0.15) is 43.7 Å². The van der Waals surface area contributed by atoms with E-state index in [1.807, 2.05) is 35.5 Å². The highest BCUT2D eigenvalue weighted by molar-refractivity contribution is 5.83. The van der Waals surface area contributed by atoms with Crippen LogP contribution >= 0.6 is 0 Å². The summed E-state index contributed by atoms with van der Waals surface area (Å²) in [5, 5.41) is 26.9. The average Bonchev–Trinajstić information content (AvgIpc) is 3.50. The second-order valence-electron chi connectivity index (χ2n) is 8.32. The van der Waals surface area contributed by atoms with Gasteiger partial charge in [-0.05, 0) is 36.8 Å². The monoisotopic (exact) mass is 421 g/mol. The summed E-state index contributed by atoms with van der Waals surface area (Å²) in [6.45, 7) is 0.600. The summed E-state index contributed by atoms with van der Waals surface area (Å²) in [4.78, 5) is 4.75. The van der Waals surface area contributed by atoms with Gasteiger partial charge >= 0.3 is 0 Å². The zero-order valence-electron chi connectivity index (χ0n) is 17.7. The van der Waals surface area contributed by atoms with Crippen molar-refractivity contribution < 1.29 is 0 Å². The van der Waals surface area contributed by atoms with Gasteiger partial charge in [0.25, 0.3) is 0 Å². The number of aromatic nitrogens is 5. The number of hydrogen-bond donors (Lipinski definition) is 0. The standard InChI is InChI=1S/C25H23N7/c26-10-1-12-31-17-22(15-29-31)19-6-8-20(9-7-19)23-16-30-32-13-11-28-24(25(23)32)21-4-2-18(14-27)3-5-21/h6-9,11,13,15-18,21H,1-5,12H2/t18-,21+. The zero-order valence-corrected chi connectivity index (χ0v) is 17.7. The molecule has 1 aromatic carbocycles. The molecule has 0 amide bonds.